The van der Waals surface area contributed by atoms with Crippen LogP contribution in [0.4, 0.5) is 5.82 Å². The first-order valence-electron chi connectivity index (χ1n) is 8.72. The van der Waals surface area contributed by atoms with E-state index in [2.05, 4.69) is 36.2 Å². The maximum absolute atomic E-state index is 12.4. The van der Waals surface area contributed by atoms with Crippen LogP contribution in [0.25, 0.3) is 0 Å². The van der Waals surface area contributed by atoms with E-state index in [1.165, 1.54) is 0 Å². The van der Waals surface area contributed by atoms with Crippen molar-refractivity contribution >= 4 is 17.5 Å². The normalized spacial score (nSPS) is 11.2. The summed E-state index contributed by atoms with van der Waals surface area (Å²) >= 11 is 0. The third-order valence-corrected chi connectivity index (χ3v) is 4.15. The Morgan fingerprint density at radius 3 is 2.41 bits per heavy atom. The van der Waals surface area contributed by atoms with Crippen LogP contribution in [0.2, 0.25) is 0 Å². The van der Waals surface area contributed by atoms with Crippen LogP contribution >= 0.6 is 0 Å². The van der Waals surface area contributed by atoms with E-state index in [4.69, 9.17) is 0 Å². The molecule has 0 spiro atoms. The second kappa shape index (κ2) is 7.53. The van der Waals surface area contributed by atoms with Crippen molar-refractivity contribution in [3.05, 3.63) is 77.7 Å². The summed E-state index contributed by atoms with van der Waals surface area (Å²) in [4.78, 5) is 28.8. The van der Waals surface area contributed by atoms with Gasteiger partial charge in [0.1, 0.15) is 0 Å². The summed E-state index contributed by atoms with van der Waals surface area (Å²) in [5.41, 5.74) is 2.30. The highest BCUT2D eigenvalue weighted by Gasteiger charge is 2.19. The molecule has 2 aromatic heterocycles. The van der Waals surface area contributed by atoms with Gasteiger partial charge in [-0.25, -0.2) is 0 Å². The van der Waals surface area contributed by atoms with Crippen LogP contribution in [0, 0.1) is 0 Å². The van der Waals surface area contributed by atoms with Gasteiger partial charge in [0, 0.05) is 24.0 Å². The van der Waals surface area contributed by atoms with Gasteiger partial charge in [0.2, 0.25) is 0 Å². The Morgan fingerprint density at radius 1 is 1.04 bits per heavy atom. The number of amides is 1. The second-order valence-corrected chi connectivity index (χ2v) is 7.33. The van der Waals surface area contributed by atoms with Gasteiger partial charge in [-0.15, -0.1) is 0 Å². The first-order valence-corrected chi connectivity index (χ1v) is 8.72. The summed E-state index contributed by atoms with van der Waals surface area (Å²) < 4.78 is 1.65. The number of carbonyl (C=O) groups is 2. The summed E-state index contributed by atoms with van der Waals surface area (Å²) in [7, 11) is 0. The lowest BCUT2D eigenvalue weighted by Crippen LogP contribution is -2.23. The van der Waals surface area contributed by atoms with Crippen LogP contribution in [-0.4, -0.2) is 26.5 Å². The molecule has 0 atom stereocenters. The minimum absolute atomic E-state index is 0.00964. The summed E-state index contributed by atoms with van der Waals surface area (Å²) in [6.45, 7) is 6.77. The fourth-order valence-corrected chi connectivity index (χ4v) is 2.60. The van der Waals surface area contributed by atoms with E-state index < -0.39 is 11.7 Å². The van der Waals surface area contributed by atoms with Crippen molar-refractivity contribution in [3.63, 3.8) is 0 Å². The molecule has 6 heteroatoms. The SMILES string of the molecule is CC(C)(C)c1ccc(C(=O)C(=O)Nc2ccn(Cc3ccccn3)n2)cc1. The first kappa shape index (κ1) is 18.5. The topological polar surface area (TPSA) is 76.9 Å². The van der Waals surface area contributed by atoms with Crippen LogP contribution < -0.4 is 5.32 Å². The van der Waals surface area contributed by atoms with Crippen LogP contribution in [0.1, 0.15) is 42.4 Å². The molecule has 6 nitrogen and oxygen atoms in total. The monoisotopic (exact) mass is 362 g/mol. The molecule has 138 valence electrons. The molecule has 3 rings (SSSR count). The number of benzene rings is 1. The fourth-order valence-electron chi connectivity index (χ4n) is 2.60. The van der Waals surface area contributed by atoms with Crippen LogP contribution in [0.3, 0.4) is 0 Å². The first-order chi connectivity index (χ1) is 12.8. The molecule has 0 saturated carbocycles. The third kappa shape index (κ3) is 4.67. The van der Waals surface area contributed by atoms with E-state index >= 15 is 0 Å². The number of pyridine rings is 1. The highest BCUT2D eigenvalue weighted by molar-refractivity contribution is 6.46. The molecule has 27 heavy (non-hydrogen) atoms. The Bertz CT molecular complexity index is 938. The van der Waals surface area contributed by atoms with Gasteiger partial charge in [-0.2, -0.15) is 5.10 Å². The molecule has 3 aromatic rings. The zero-order valence-electron chi connectivity index (χ0n) is 15.6. The van der Waals surface area contributed by atoms with E-state index in [1.54, 1.807) is 35.3 Å². The number of nitrogens with one attached hydrogen (secondary N) is 1. The zero-order chi connectivity index (χ0) is 19.4. The lowest BCUT2D eigenvalue weighted by Gasteiger charge is -2.18. The summed E-state index contributed by atoms with van der Waals surface area (Å²) in [6.07, 6.45) is 3.44. The Labute approximate surface area is 158 Å². The van der Waals surface area contributed by atoms with Crippen molar-refractivity contribution in [2.24, 2.45) is 0 Å². The smallest absolute Gasteiger partial charge is 0.297 e. The van der Waals surface area contributed by atoms with Crippen LogP contribution in [0.5, 0.6) is 0 Å². The molecule has 0 unspecified atom stereocenters. The Morgan fingerprint density at radius 2 is 1.78 bits per heavy atom. The highest BCUT2D eigenvalue weighted by atomic mass is 16.2. The number of carbonyl (C=O) groups excluding carboxylic acids is 2. The quantitative estimate of drug-likeness (QED) is 0.557. The summed E-state index contributed by atoms with van der Waals surface area (Å²) in [5.74, 6) is -0.966. The molecule has 0 aliphatic carbocycles. The number of aromatic nitrogens is 3. The minimum atomic E-state index is -0.707. The van der Waals surface area contributed by atoms with Crippen LogP contribution in [-0.2, 0) is 16.8 Å². The molecule has 0 fully saturated rings. The zero-order valence-corrected chi connectivity index (χ0v) is 15.6. The molecule has 0 saturated heterocycles. The standard InChI is InChI=1S/C21H22N4O2/c1-21(2,3)16-9-7-15(8-10-16)19(26)20(27)23-18-11-13-25(24-18)14-17-6-4-5-12-22-17/h4-13H,14H2,1-3H3,(H,23,24,27). The maximum Gasteiger partial charge on any atom is 0.297 e. The predicted octanol–water partition coefficient (Wildman–Crippen LogP) is 3.45. The van der Waals surface area contributed by atoms with Gasteiger partial charge in [-0.05, 0) is 23.1 Å². The van der Waals surface area contributed by atoms with E-state index in [9.17, 15) is 9.59 Å². The molecule has 0 aliphatic heterocycles. The Kier molecular flexibility index (Phi) is 5.16. The molecule has 1 N–H and O–H groups in total. The van der Waals surface area contributed by atoms with Crippen molar-refractivity contribution in [2.75, 3.05) is 5.32 Å². The third-order valence-electron chi connectivity index (χ3n) is 4.15. The van der Waals surface area contributed by atoms with E-state index in [0.29, 0.717) is 17.9 Å². The molecular weight excluding hydrogens is 340 g/mol. The number of Topliss-reactive ketones (excluding diaryl/α,β-unsaturated/α-hetero) is 1. The largest absolute Gasteiger partial charge is 0.302 e. The lowest BCUT2D eigenvalue weighted by molar-refractivity contribution is -0.112. The van der Waals surface area contributed by atoms with Gasteiger partial charge in [0.15, 0.2) is 5.82 Å². The van der Waals surface area contributed by atoms with E-state index in [1.807, 2.05) is 30.3 Å². The fraction of sp³-hybridized carbons (Fsp3) is 0.238. The lowest BCUT2D eigenvalue weighted by atomic mass is 9.86. The maximum atomic E-state index is 12.4. The second-order valence-electron chi connectivity index (χ2n) is 7.33. The van der Waals surface area contributed by atoms with Gasteiger partial charge >= 0.3 is 0 Å². The Hall–Kier alpha value is -3.28. The van der Waals surface area contributed by atoms with Crippen molar-refractivity contribution in [1.82, 2.24) is 14.8 Å². The highest BCUT2D eigenvalue weighted by Crippen LogP contribution is 2.22. The summed E-state index contributed by atoms with van der Waals surface area (Å²) in [5, 5.41) is 6.81. The van der Waals surface area contributed by atoms with Crippen molar-refractivity contribution in [2.45, 2.75) is 32.7 Å². The van der Waals surface area contributed by atoms with Gasteiger partial charge in [0.25, 0.3) is 11.7 Å². The van der Waals surface area contributed by atoms with Gasteiger partial charge in [-0.3, -0.25) is 19.3 Å². The molecule has 0 bridgehead atoms. The van der Waals surface area contributed by atoms with Crippen molar-refractivity contribution in [1.29, 1.82) is 0 Å². The van der Waals surface area contributed by atoms with Gasteiger partial charge < -0.3 is 5.32 Å². The number of nitrogens with zero attached hydrogens (tertiary/aromatic N) is 3. The molecule has 0 aliphatic rings. The number of rotatable bonds is 5. The van der Waals surface area contributed by atoms with E-state index in [-0.39, 0.29) is 5.41 Å². The molecule has 0 radical (unpaired) electrons. The molecular formula is C21H22N4O2. The van der Waals surface area contributed by atoms with Crippen molar-refractivity contribution < 1.29 is 9.59 Å². The number of hydrogen-bond acceptors (Lipinski definition) is 4. The predicted molar refractivity (Wildman–Crippen MR) is 104 cm³/mol. The average molecular weight is 362 g/mol. The van der Waals surface area contributed by atoms with Crippen molar-refractivity contribution in [3.8, 4) is 0 Å². The molecule has 1 aromatic carbocycles. The van der Waals surface area contributed by atoms with E-state index in [0.717, 1.165) is 11.3 Å². The molecule has 1 amide bonds. The van der Waals surface area contributed by atoms with Crippen LogP contribution in [0.15, 0.2) is 60.9 Å². The molecule has 2 heterocycles. The average Bonchev–Trinajstić information content (AvgIpc) is 3.08. The number of hydrogen-bond donors (Lipinski definition) is 1. The Balaban J connectivity index is 1.64. The summed E-state index contributed by atoms with van der Waals surface area (Å²) in [6, 6.07) is 14.4. The van der Waals surface area contributed by atoms with Gasteiger partial charge in [0.05, 0.1) is 12.2 Å². The van der Waals surface area contributed by atoms with Gasteiger partial charge in [-0.1, -0.05) is 51.1 Å². The number of ketones is 1. The minimum Gasteiger partial charge on any atom is -0.302 e. The number of anilines is 1.